The molecule has 0 bridgehead atoms. The van der Waals surface area contributed by atoms with Crippen molar-refractivity contribution in [2.24, 2.45) is 11.8 Å². The summed E-state index contributed by atoms with van der Waals surface area (Å²) < 4.78 is 0. The van der Waals surface area contributed by atoms with E-state index in [0.717, 1.165) is 32.5 Å². The smallest absolute Gasteiger partial charge is 0.223 e. The fourth-order valence-electron chi connectivity index (χ4n) is 4.10. The number of aryl methyl sites for hydroxylation is 2. The van der Waals surface area contributed by atoms with Gasteiger partial charge in [0.2, 0.25) is 5.91 Å². The summed E-state index contributed by atoms with van der Waals surface area (Å²) >= 11 is 0. The number of nitrogens with zero attached hydrogens (tertiary/aromatic N) is 1. The van der Waals surface area contributed by atoms with Crippen LogP contribution in [0.25, 0.3) is 0 Å². The SMILES string of the molecule is CCC1C2CNCC2CN1C(=O)CCc1cccc(C)c1. The molecule has 3 heteroatoms. The molecule has 3 unspecified atom stereocenters. The summed E-state index contributed by atoms with van der Waals surface area (Å²) in [6.07, 6.45) is 2.59. The van der Waals surface area contributed by atoms with Gasteiger partial charge in [-0.1, -0.05) is 36.8 Å². The molecule has 3 atom stereocenters. The van der Waals surface area contributed by atoms with Gasteiger partial charge in [0, 0.05) is 32.1 Å². The van der Waals surface area contributed by atoms with Gasteiger partial charge < -0.3 is 10.2 Å². The molecule has 2 fully saturated rings. The van der Waals surface area contributed by atoms with Crippen LogP contribution >= 0.6 is 0 Å². The lowest BCUT2D eigenvalue weighted by Gasteiger charge is -2.27. The van der Waals surface area contributed by atoms with Crippen LogP contribution in [-0.2, 0) is 11.2 Å². The summed E-state index contributed by atoms with van der Waals surface area (Å²) in [4.78, 5) is 14.8. The van der Waals surface area contributed by atoms with E-state index in [0.29, 0.717) is 30.2 Å². The first-order chi connectivity index (χ1) is 10.2. The van der Waals surface area contributed by atoms with Gasteiger partial charge in [-0.15, -0.1) is 0 Å². The topological polar surface area (TPSA) is 32.3 Å². The third-order valence-electron chi connectivity index (χ3n) is 5.17. The summed E-state index contributed by atoms with van der Waals surface area (Å²) in [6, 6.07) is 8.95. The lowest BCUT2D eigenvalue weighted by Crippen LogP contribution is -2.39. The maximum absolute atomic E-state index is 12.6. The highest BCUT2D eigenvalue weighted by Gasteiger charge is 2.44. The Morgan fingerprint density at radius 3 is 3.00 bits per heavy atom. The van der Waals surface area contributed by atoms with E-state index in [4.69, 9.17) is 0 Å². The van der Waals surface area contributed by atoms with Gasteiger partial charge in [0.25, 0.3) is 0 Å². The van der Waals surface area contributed by atoms with Crippen LogP contribution in [0.2, 0.25) is 0 Å². The van der Waals surface area contributed by atoms with Crippen molar-refractivity contribution in [3.8, 4) is 0 Å². The summed E-state index contributed by atoms with van der Waals surface area (Å²) in [7, 11) is 0. The highest BCUT2D eigenvalue weighted by molar-refractivity contribution is 5.77. The van der Waals surface area contributed by atoms with E-state index in [1.807, 2.05) is 0 Å². The molecule has 1 aromatic rings. The second-order valence-corrected chi connectivity index (χ2v) is 6.59. The molecule has 0 radical (unpaired) electrons. The Morgan fingerprint density at radius 2 is 2.24 bits per heavy atom. The third kappa shape index (κ3) is 2.98. The van der Waals surface area contributed by atoms with Crippen LogP contribution in [0.15, 0.2) is 24.3 Å². The van der Waals surface area contributed by atoms with Crippen LogP contribution < -0.4 is 5.32 Å². The first-order valence-corrected chi connectivity index (χ1v) is 8.24. The number of fused-ring (bicyclic) bond motifs is 1. The molecule has 3 nitrogen and oxygen atoms in total. The molecule has 2 heterocycles. The van der Waals surface area contributed by atoms with Gasteiger partial charge in [0.15, 0.2) is 0 Å². The van der Waals surface area contributed by atoms with E-state index < -0.39 is 0 Å². The monoisotopic (exact) mass is 286 g/mol. The van der Waals surface area contributed by atoms with Crippen molar-refractivity contribution in [1.82, 2.24) is 10.2 Å². The molecule has 2 saturated heterocycles. The second-order valence-electron chi connectivity index (χ2n) is 6.59. The number of carbonyl (C=O) groups is 1. The summed E-state index contributed by atoms with van der Waals surface area (Å²) in [6.45, 7) is 7.45. The maximum atomic E-state index is 12.6. The van der Waals surface area contributed by atoms with E-state index in [-0.39, 0.29) is 0 Å². The zero-order chi connectivity index (χ0) is 14.8. The maximum Gasteiger partial charge on any atom is 0.223 e. The molecule has 0 spiro atoms. The Balaban J connectivity index is 1.60. The Labute approximate surface area is 127 Å². The molecule has 2 aliphatic rings. The average Bonchev–Trinajstić information content (AvgIpc) is 3.05. The van der Waals surface area contributed by atoms with Gasteiger partial charge in [-0.2, -0.15) is 0 Å². The number of carbonyl (C=O) groups excluding carboxylic acids is 1. The van der Waals surface area contributed by atoms with E-state index in [1.165, 1.54) is 11.1 Å². The molecule has 1 amide bonds. The number of amides is 1. The molecule has 0 aliphatic carbocycles. The number of hydrogen-bond donors (Lipinski definition) is 1. The Hall–Kier alpha value is -1.35. The quantitative estimate of drug-likeness (QED) is 0.921. The van der Waals surface area contributed by atoms with Crippen molar-refractivity contribution in [2.45, 2.75) is 39.2 Å². The van der Waals surface area contributed by atoms with Gasteiger partial charge in [-0.3, -0.25) is 4.79 Å². The first-order valence-electron chi connectivity index (χ1n) is 8.24. The molecule has 0 saturated carbocycles. The molecule has 3 rings (SSSR count). The minimum atomic E-state index is 0.345. The number of benzene rings is 1. The molecular formula is C18H26N2O. The lowest BCUT2D eigenvalue weighted by molar-refractivity contribution is -0.132. The normalized spacial score (nSPS) is 27.9. The lowest BCUT2D eigenvalue weighted by atomic mass is 9.93. The second kappa shape index (κ2) is 6.18. The number of rotatable bonds is 4. The predicted molar refractivity (Wildman–Crippen MR) is 85.1 cm³/mol. The molecule has 0 aromatic heterocycles. The van der Waals surface area contributed by atoms with Crippen molar-refractivity contribution in [1.29, 1.82) is 0 Å². The van der Waals surface area contributed by atoms with Crippen LogP contribution in [0.3, 0.4) is 0 Å². The fraction of sp³-hybridized carbons (Fsp3) is 0.611. The number of likely N-dealkylation sites (tertiary alicyclic amines) is 1. The van der Waals surface area contributed by atoms with Crippen LogP contribution in [0.1, 0.15) is 30.9 Å². The minimum absolute atomic E-state index is 0.345. The van der Waals surface area contributed by atoms with Crippen molar-refractivity contribution >= 4 is 5.91 Å². The van der Waals surface area contributed by atoms with Crippen molar-refractivity contribution in [3.05, 3.63) is 35.4 Å². The van der Waals surface area contributed by atoms with E-state index in [9.17, 15) is 4.79 Å². The molecule has 2 aliphatic heterocycles. The van der Waals surface area contributed by atoms with Crippen LogP contribution in [0.5, 0.6) is 0 Å². The minimum Gasteiger partial charge on any atom is -0.339 e. The summed E-state index contributed by atoms with van der Waals surface area (Å²) in [5.41, 5.74) is 2.55. The van der Waals surface area contributed by atoms with Crippen LogP contribution in [-0.4, -0.2) is 36.5 Å². The highest BCUT2D eigenvalue weighted by atomic mass is 16.2. The van der Waals surface area contributed by atoms with E-state index in [1.54, 1.807) is 0 Å². The third-order valence-corrected chi connectivity index (χ3v) is 5.17. The van der Waals surface area contributed by atoms with Crippen molar-refractivity contribution < 1.29 is 4.79 Å². The van der Waals surface area contributed by atoms with Gasteiger partial charge in [0.1, 0.15) is 0 Å². The molecule has 1 N–H and O–H groups in total. The Kier molecular flexibility index (Phi) is 4.29. The molecule has 114 valence electrons. The summed E-state index contributed by atoms with van der Waals surface area (Å²) in [5.74, 6) is 1.70. The number of nitrogens with one attached hydrogen (secondary N) is 1. The van der Waals surface area contributed by atoms with E-state index in [2.05, 4.69) is 48.3 Å². The van der Waals surface area contributed by atoms with Crippen molar-refractivity contribution in [2.75, 3.05) is 19.6 Å². The molecule has 21 heavy (non-hydrogen) atoms. The van der Waals surface area contributed by atoms with Gasteiger partial charge in [-0.25, -0.2) is 0 Å². The van der Waals surface area contributed by atoms with Crippen molar-refractivity contribution in [3.63, 3.8) is 0 Å². The average molecular weight is 286 g/mol. The van der Waals surface area contributed by atoms with Gasteiger partial charge >= 0.3 is 0 Å². The zero-order valence-electron chi connectivity index (χ0n) is 13.1. The molecule has 1 aromatic carbocycles. The Morgan fingerprint density at radius 1 is 1.38 bits per heavy atom. The predicted octanol–water partition coefficient (Wildman–Crippen LogP) is 2.38. The zero-order valence-corrected chi connectivity index (χ0v) is 13.1. The molecular weight excluding hydrogens is 260 g/mol. The first kappa shape index (κ1) is 14.6. The van der Waals surface area contributed by atoms with Crippen LogP contribution in [0, 0.1) is 18.8 Å². The number of hydrogen-bond acceptors (Lipinski definition) is 2. The Bertz CT molecular complexity index is 514. The van der Waals surface area contributed by atoms with Gasteiger partial charge in [0.05, 0.1) is 0 Å². The van der Waals surface area contributed by atoms with Gasteiger partial charge in [-0.05, 0) is 37.2 Å². The van der Waals surface area contributed by atoms with Crippen LogP contribution in [0.4, 0.5) is 0 Å². The summed E-state index contributed by atoms with van der Waals surface area (Å²) in [5, 5.41) is 3.47. The highest BCUT2D eigenvalue weighted by Crippen LogP contribution is 2.34. The van der Waals surface area contributed by atoms with E-state index >= 15 is 0 Å². The largest absolute Gasteiger partial charge is 0.339 e. The fourth-order valence-corrected chi connectivity index (χ4v) is 4.10. The standard InChI is InChI=1S/C18H26N2O/c1-3-17-16-11-19-10-15(16)12-20(17)18(21)8-7-14-6-4-5-13(2)9-14/h4-6,9,15-17,19H,3,7-8,10-12H2,1-2H3.